The maximum Gasteiger partial charge on any atom is 0.416 e. The highest BCUT2D eigenvalue weighted by Crippen LogP contribution is 2.52. The van der Waals surface area contributed by atoms with Gasteiger partial charge in [-0.25, -0.2) is 0 Å². The first-order valence-electron chi connectivity index (χ1n) is 14.0. The van der Waals surface area contributed by atoms with Crippen molar-refractivity contribution in [3.63, 3.8) is 0 Å². The Labute approximate surface area is 226 Å². The number of piperidine rings is 1. The summed E-state index contributed by atoms with van der Waals surface area (Å²) in [4.78, 5) is 32.1. The molecule has 4 fully saturated rings. The number of likely N-dealkylation sites (tertiary alicyclic amines) is 1. The summed E-state index contributed by atoms with van der Waals surface area (Å²) in [5, 5.41) is 0. The van der Waals surface area contributed by atoms with E-state index in [1.807, 2.05) is 24.0 Å². The lowest BCUT2D eigenvalue weighted by Crippen LogP contribution is -2.51. The van der Waals surface area contributed by atoms with E-state index in [2.05, 4.69) is 11.1 Å². The van der Waals surface area contributed by atoms with E-state index in [0.717, 1.165) is 44.4 Å². The summed E-state index contributed by atoms with van der Waals surface area (Å²) in [6, 6.07) is 8.83. The molecule has 206 valence electrons. The third kappa shape index (κ3) is 5.35. The first-order valence-corrected chi connectivity index (χ1v) is 14.0. The molecule has 0 radical (unpaired) electrons. The van der Waals surface area contributed by atoms with Crippen LogP contribution >= 0.6 is 0 Å². The number of halogens is 3. The number of hydrogen-bond donors (Lipinski definition) is 0. The molecule has 1 aromatic heterocycles. The highest BCUT2D eigenvalue weighted by Gasteiger charge is 2.54. The van der Waals surface area contributed by atoms with Crippen LogP contribution in [-0.2, 0) is 20.5 Å². The molecule has 2 aromatic rings. The number of carbonyl (C=O) groups is 2. The Bertz CT molecular complexity index is 1270. The Balaban J connectivity index is 1.20. The predicted octanol–water partition coefficient (Wildman–Crippen LogP) is 6.24. The molecular formula is C31H33F3N2O3. The number of aromatic nitrogens is 1. The Morgan fingerprint density at radius 3 is 2.69 bits per heavy atom. The lowest BCUT2D eigenvalue weighted by Gasteiger charge is -2.48. The second kappa shape index (κ2) is 10.1. The van der Waals surface area contributed by atoms with Crippen molar-refractivity contribution in [1.29, 1.82) is 0 Å². The van der Waals surface area contributed by atoms with Crippen LogP contribution in [0.15, 0.2) is 48.7 Å². The summed E-state index contributed by atoms with van der Waals surface area (Å²) >= 11 is 0. The van der Waals surface area contributed by atoms with Crippen molar-refractivity contribution in [2.24, 2.45) is 35.5 Å². The highest BCUT2D eigenvalue weighted by atomic mass is 19.4. The molecule has 0 bridgehead atoms. The Kier molecular flexibility index (Phi) is 6.76. The maximum atomic E-state index is 13.1. The topological polar surface area (TPSA) is 59.5 Å². The smallest absolute Gasteiger partial charge is 0.416 e. The fourth-order valence-corrected chi connectivity index (χ4v) is 7.04. The number of cyclic esters (lactones) is 1. The maximum absolute atomic E-state index is 13.1. The number of nitrogens with zero attached hydrogens (tertiary/aromatic N) is 2. The van der Waals surface area contributed by atoms with Crippen LogP contribution < -0.4 is 0 Å². The number of ether oxygens (including phenoxy) is 1. The molecular weight excluding hydrogens is 505 g/mol. The molecule has 3 heterocycles. The molecule has 6 unspecified atom stereocenters. The lowest BCUT2D eigenvalue weighted by atomic mass is 9.59. The summed E-state index contributed by atoms with van der Waals surface area (Å²) in [7, 11) is 0. The van der Waals surface area contributed by atoms with Crippen LogP contribution in [-0.4, -0.2) is 41.0 Å². The van der Waals surface area contributed by atoms with Crippen molar-refractivity contribution in [2.75, 3.05) is 13.1 Å². The van der Waals surface area contributed by atoms with E-state index in [4.69, 9.17) is 4.74 Å². The van der Waals surface area contributed by atoms with Gasteiger partial charge in [-0.1, -0.05) is 24.3 Å². The third-order valence-electron chi connectivity index (χ3n) is 9.21. The van der Waals surface area contributed by atoms with Crippen molar-refractivity contribution in [1.82, 2.24) is 9.88 Å². The average molecular weight is 539 g/mol. The largest absolute Gasteiger partial charge is 0.462 e. The van der Waals surface area contributed by atoms with Crippen LogP contribution in [0.2, 0.25) is 0 Å². The zero-order chi connectivity index (χ0) is 27.3. The third-order valence-corrected chi connectivity index (χ3v) is 9.21. The number of fused-ring (bicyclic) bond motifs is 2. The quantitative estimate of drug-likeness (QED) is 0.423. The second-order valence-electron chi connectivity index (χ2n) is 11.7. The number of esters is 1. The fraction of sp³-hybridized carbons (Fsp3) is 0.516. The molecule has 4 aliphatic rings. The SMILES string of the molecule is CC1OC(=O)C2CC3CN(C(=O)CC4CC4)CCC3C(/C=C/c3ccc(-c4cccc(C(F)(F)F)c4)cn3)C12. The standard InChI is InChI=1S/C31H33F3N2O3/c1-18-29-26(10-9-24-8-7-21(16-35-24)20-3-2-4-23(14-20)31(32,33)34)25-11-12-36(28(37)13-19-5-6-19)17-22(25)15-27(29)30(38)39-18/h2-4,7-10,14,16,18-19,22,25-27,29H,5-6,11-13,15,17H2,1H3/b10-9+. The lowest BCUT2D eigenvalue weighted by molar-refractivity contribution is -0.144. The van der Waals surface area contributed by atoms with Crippen molar-refractivity contribution in [3.8, 4) is 11.1 Å². The van der Waals surface area contributed by atoms with Crippen LogP contribution in [0.5, 0.6) is 0 Å². The van der Waals surface area contributed by atoms with Gasteiger partial charge in [0.2, 0.25) is 5.91 Å². The monoisotopic (exact) mass is 538 g/mol. The van der Waals surface area contributed by atoms with Crippen molar-refractivity contribution in [3.05, 3.63) is 59.9 Å². The van der Waals surface area contributed by atoms with Gasteiger partial charge in [0.15, 0.2) is 0 Å². The van der Waals surface area contributed by atoms with E-state index in [1.165, 1.54) is 6.07 Å². The number of allylic oxidation sites excluding steroid dienone is 1. The molecule has 2 aliphatic carbocycles. The van der Waals surface area contributed by atoms with Crippen LogP contribution in [0.1, 0.15) is 50.3 Å². The Morgan fingerprint density at radius 2 is 1.97 bits per heavy atom. The summed E-state index contributed by atoms with van der Waals surface area (Å²) in [5.41, 5.74) is 1.10. The van der Waals surface area contributed by atoms with Crippen molar-refractivity contribution in [2.45, 2.75) is 51.3 Å². The number of carbonyl (C=O) groups excluding carboxylic acids is 2. The summed E-state index contributed by atoms with van der Waals surface area (Å²) in [6.45, 7) is 3.43. The number of benzene rings is 1. The summed E-state index contributed by atoms with van der Waals surface area (Å²) < 4.78 is 45.1. The second-order valence-corrected chi connectivity index (χ2v) is 11.7. The Hall–Kier alpha value is -3.16. The van der Waals surface area contributed by atoms with E-state index >= 15 is 0 Å². The van der Waals surface area contributed by atoms with E-state index in [0.29, 0.717) is 41.6 Å². The van der Waals surface area contributed by atoms with Gasteiger partial charge in [-0.15, -0.1) is 0 Å². The van der Waals surface area contributed by atoms with E-state index in [1.54, 1.807) is 18.3 Å². The molecule has 2 saturated carbocycles. The highest BCUT2D eigenvalue weighted by molar-refractivity contribution is 5.77. The minimum absolute atomic E-state index is 0.0908. The predicted molar refractivity (Wildman–Crippen MR) is 140 cm³/mol. The van der Waals surface area contributed by atoms with Crippen LogP contribution in [0.3, 0.4) is 0 Å². The van der Waals surface area contributed by atoms with Gasteiger partial charge in [-0.3, -0.25) is 14.6 Å². The van der Waals surface area contributed by atoms with Crippen LogP contribution in [0.4, 0.5) is 13.2 Å². The summed E-state index contributed by atoms with van der Waals surface area (Å²) in [6.07, 6.45) is 5.77. The number of pyridine rings is 1. The number of hydrogen-bond acceptors (Lipinski definition) is 4. The molecule has 2 saturated heterocycles. The van der Waals surface area contributed by atoms with Gasteiger partial charge in [-0.2, -0.15) is 13.2 Å². The fourth-order valence-electron chi connectivity index (χ4n) is 7.04. The minimum Gasteiger partial charge on any atom is -0.462 e. The van der Waals surface area contributed by atoms with Gasteiger partial charge in [0.25, 0.3) is 0 Å². The molecule has 8 heteroatoms. The van der Waals surface area contributed by atoms with E-state index < -0.39 is 11.7 Å². The van der Waals surface area contributed by atoms with Gasteiger partial charge in [0.05, 0.1) is 17.2 Å². The van der Waals surface area contributed by atoms with Crippen molar-refractivity contribution < 1.29 is 27.5 Å². The zero-order valence-corrected chi connectivity index (χ0v) is 21.9. The summed E-state index contributed by atoms with van der Waals surface area (Å²) in [5.74, 6) is 1.34. The van der Waals surface area contributed by atoms with Crippen LogP contribution in [0.25, 0.3) is 17.2 Å². The molecule has 5 nitrogen and oxygen atoms in total. The number of amides is 1. The zero-order valence-electron chi connectivity index (χ0n) is 21.9. The average Bonchev–Trinajstić information content (AvgIpc) is 3.69. The molecule has 39 heavy (non-hydrogen) atoms. The van der Waals surface area contributed by atoms with Gasteiger partial charge in [0, 0.05) is 37.2 Å². The molecule has 0 spiro atoms. The van der Waals surface area contributed by atoms with E-state index in [-0.39, 0.29) is 41.7 Å². The molecule has 6 atom stereocenters. The van der Waals surface area contributed by atoms with Gasteiger partial charge < -0.3 is 9.64 Å². The minimum atomic E-state index is -4.40. The van der Waals surface area contributed by atoms with Gasteiger partial charge in [-0.05, 0) is 86.1 Å². The molecule has 1 aromatic carbocycles. The van der Waals surface area contributed by atoms with E-state index in [9.17, 15) is 22.8 Å². The molecule has 1 amide bonds. The molecule has 6 rings (SSSR count). The first kappa shape index (κ1) is 26.1. The molecule has 0 N–H and O–H groups in total. The Morgan fingerprint density at radius 1 is 1.15 bits per heavy atom. The molecule has 2 aliphatic heterocycles. The van der Waals surface area contributed by atoms with Crippen LogP contribution in [0, 0.1) is 35.5 Å². The van der Waals surface area contributed by atoms with Crippen molar-refractivity contribution >= 4 is 18.0 Å². The first-order chi connectivity index (χ1) is 18.7. The number of rotatable bonds is 5. The normalized spacial score (nSPS) is 30.7. The van der Waals surface area contributed by atoms with Gasteiger partial charge in [0.1, 0.15) is 6.10 Å². The number of alkyl halides is 3. The van der Waals surface area contributed by atoms with Gasteiger partial charge >= 0.3 is 12.1 Å².